The first-order valence-electron chi connectivity index (χ1n) is 6.99. The minimum Gasteiger partial charge on any atom is -0.348 e. The second-order valence-electron chi connectivity index (χ2n) is 5.39. The highest BCUT2D eigenvalue weighted by Gasteiger charge is 2.34. The summed E-state index contributed by atoms with van der Waals surface area (Å²) in [5.41, 5.74) is 5.68. The fraction of sp³-hybridized carbons (Fsp3) is 0.533. The number of benzene rings is 1. The molecule has 1 unspecified atom stereocenters. The summed E-state index contributed by atoms with van der Waals surface area (Å²) in [4.78, 5) is 13.4. The zero-order valence-electron chi connectivity index (χ0n) is 11.7. The molecule has 0 bridgehead atoms. The normalized spacial score (nSPS) is 18.8. The molecule has 2 rings (SSSR count). The summed E-state index contributed by atoms with van der Waals surface area (Å²) in [6, 6.07) is 7.55. The largest absolute Gasteiger partial charge is 0.348 e. The van der Waals surface area contributed by atoms with E-state index in [-0.39, 0.29) is 16.7 Å². The lowest BCUT2D eigenvalue weighted by molar-refractivity contribution is -0.122. The smallest absolute Gasteiger partial charge is 0.233 e. The van der Waals surface area contributed by atoms with Gasteiger partial charge in [-0.15, -0.1) is 11.8 Å². The van der Waals surface area contributed by atoms with E-state index in [2.05, 4.69) is 5.32 Å². The molecular weight excluding hydrogens is 292 g/mol. The molecule has 0 radical (unpaired) electrons. The van der Waals surface area contributed by atoms with Crippen molar-refractivity contribution in [2.45, 2.75) is 48.3 Å². The van der Waals surface area contributed by atoms with Crippen LogP contribution in [-0.4, -0.2) is 23.2 Å². The van der Waals surface area contributed by atoms with Gasteiger partial charge in [0.2, 0.25) is 5.91 Å². The lowest BCUT2D eigenvalue weighted by Crippen LogP contribution is -2.53. The van der Waals surface area contributed by atoms with E-state index >= 15 is 0 Å². The van der Waals surface area contributed by atoms with Crippen LogP contribution in [0.4, 0.5) is 0 Å². The van der Waals surface area contributed by atoms with Gasteiger partial charge in [-0.1, -0.05) is 24.4 Å². The molecule has 1 aliphatic carbocycles. The van der Waals surface area contributed by atoms with Crippen molar-refractivity contribution in [1.82, 2.24) is 5.32 Å². The molecular formula is C15H21ClN2OS. The van der Waals surface area contributed by atoms with Crippen LogP contribution in [0.3, 0.4) is 0 Å². The number of amides is 1. The van der Waals surface area contributed by atoms with E-state index in [1.807, 2.05) is 31.2 Å². The Morgan fingerprint density at radius 1 is 1.40 bits per heavy atom. The Morgan fingerprint density at radius 3 is 2.55 bits per heavy atom. The summed E-state index contributed by atoms with van der Waals surface area (Å²) in [5.74, 6) is 0.0669. The molecule has 110 valence electrons. The molecule has 1 aliphatic rings. The second kappa shape index (κ2) is 6.83. The van der Waals surface area contributed by atoms with Crippen LogP contribution >= 0.6 is 23.4 Å². The van der Waals surface area contributed by atoms with Crippen molar-refractivity contribution in [3.05, 3.63) is 29.3 Å². The molecule has 1 atom stereocenters. The highest BCUT2D eigenvalue weighted by atomic mass is 35.5. The summed E-state index contributed by atoms with van der Waals surface area (Å²) < 4.78 is 0. The van der Waals surface area contributed by atoms with Gasteiger partial charge in [0.15, 0.2) is 0 Å². The number of halogens is 1. The van der Waals surface area contributed by atoms with E-state index in [0.29, 0.717) is 11.6 Å². The third kappa shape index (κ3) is 3.90. The lowest BCUT2D eigenvalue weighted by atomic mass is 9.98. The Morgan fingerprint density at radius 2 is 2.00 bits per heavy atom. The maximum Gasteiger partial charge on any atom is 0.233 e. The minimum atomic E-state index is -0.175. The van der Waals surface area contributed by atoms with Crippen LogP contribution in [0.2, 0.25) is 5.02 Å². The molecule has 3 N–H and O–H groups in total. The average Bonchev–Trinajstić information content (AvgIpc) is 2.90. The fourth-order valence-corrected chi connectivity index (χ4v) is 3.56. The Labute approximate surface area is 129 Å². The van der Waals surface area contributed by atoms with Crippen LogP contribution < -0.4 is 11.1 Å². The van der Waals surface area contributed by atoms with Crippen LogP contribution in [0.1, 0.15) is 32.6 Å². The van der Waals surface area contributed by atoms with Gasteiger partial charge in [0.1, 0.15) is 0 Å². The molecule has 5 heteroatoms. The maximum atomic E-state index is 12.3. The Bertz CT molecular complexity index is 457. The summed E-state index contributed by atoms with van der Waals surface area (Å²) in [5, 5.41) is 3.73. The number of thioether (sulfide) groups is 1. The van der Waals surface area contributed by atoms with Gasteiger partial charge >= 0.3 is 0 Å². The quantitative estimate of drug-likeness (QED) is 0.821. The van der Waals surface area contributed by atoms with E-state index < -0.39 is 0 Å². The lowest BCUT2D eigenvalue weighted by Gasteiger charge is -2.30. The van der Waals surface area contributed by atoms with Gasteiger partial charge in [-0.05, 0) is 44.0 Å². The average molecular weight is 313 g/mol. The van der Waals surface area contributed by atoms with Crippen LogP contribution in [0.5, 0.6) is 0 Å². The molecule has 0 heterocycles. The van der Waals surface area contributed by atoms with Crippen LogP contribution in [0.25, 0.3) is 0 Å². The van der Waals surface area contributed by atoms with Crippen LogP contribution in [0, 0.1) is 0 Å². The number of hydrogen-bond donors (Lipinski definition) is 2. The monoisotopic (exact) mass is 312 g/mol. The number of nitrogens with one attached hydrogen (secondary N) is 1. The molecule has 1 aromatic carbocycles. The van der Waals surface area contributed by atoms with E-state index in [1.165, 1.54) is 0 Å². The van der Waals surface area contributed by atoms with E-state index in [1.54, 1.807) is 11.8 Å². The van der Waals surface area contributed by atoms with Gasteiger partial charge in [0, 0.05) is 16.5 Å². The molecule has 1 saturated carbocycles. The zero-order chi connectivity index (χ0) is 14.6. The first-order chi connectivity index (χ1) is 9.54. The molecule has 1 aromatic rings. The molecule has 1 amide bonds. The predicted octanol–water partition coefficient (Wildman–Crippen LogP) is 3.21. The highest BCUT2D eigenvalue weighted by Crippen LogP contribution is 2.30. The van der Waals surface area contributed by atoms with Crippen molar-refractivity contribution in [3.8, 4) is 0 Å². The SMILES string of the molecule is CC(Sc1ccc(Cl)cc1)C(=O)NC1(CN)CCCC1. The first-order valence-corrected chi connectivity index (χ1v) is 8.25. The third-order valence-corrected chi connectivity index (χ3v) is 5.20. The van der Waals surface area contributed by atoms with E-state index in [0.717, 1.165) is 30.6 Å². The Kier molecular flexibility index (Phi) is 5.35. The van der Waals surface area contributed by atoms with Crippen molar-refractivity contribution in [3.63, 3.8) is 0 Å². The minimum absolute atomic E-state index is 0.0669. The number of hydrogen-bond acceptors (Lipinski definition) is 3. The zero-order valence-corrected chi connectivity index (χ0v) is 13.3. The molecule has 0 aromatic heterocycles. The predicted molar refractivity (Wildman–Crippen MR) is 85.2 cm³/mol. The number of carbonyl (C=O) groups is 1. The van der Waals surface area contributed by atoms with Gasteiger partial charge in [0.25, 0.3) is 0 Å². The van der Waals surface area contributed by atoms with Crippen molar-refractivity contribution in [2.24, 2.45) is 5.73 Å². The summed E-state index contributed by atoms with van der Waals surface area (Å²) in [6.45, 7) is 2.45. The first kappa shape index (κ1) is 15.7. The van der Waals surface area contributed by atoms with Gasteiger partial charge in [-0.25, -0.2) is 0 Å². The summed E-state index contributed by atoms with van der Waals surface area (Å²) >= 11 is 7.40. The molecule has 0 aliphatic heterocycles. The van der Waals surface area contributed by atoms with Gasteiger partial charge in [-0.2, -0.15) is 0 Å². The Balaban J connectivity index is 1.93. The topological polar surface area (TPSA) is 55.1 Å². The molecule has 3 nitrogen and oxygen atoms in total. The van der Waals surface area contributed by atoms with Crippen LogP contribution in [-0.2, 0) is 4.79 Å². The van der Waals surface area contributed by atoms with Gasteiger partial charge < -0.3 is 11.1 Å². The van der Waals surface area contributed by atoms with E-state index in [9.17, 15) is 4.79 Å². The number of nitrogens with two attached hydrogens (primary N) is 1. The second-order valence-corrected chi connectivity index (χ2v) is 7.25. The van der Waals surface area contributed by atoms with Gasteiger partial charge in [0.05, 0.1) is 10.8 Å². The molecule has 20 heavy (non-hydrogen) atoms. The maximum absolute atomic E-state index is 12.3. The Hall–Kier alpha value is -0.710. The van der Waals surface area contributed by atoms with E-state index in [4.69, 9.17) is 17.3 Å². The summed E-state index contributed by atoms with van der Waals surface area (Å²) in [7, 11) is 0. The van der Waals surface area contributed by atoms with Crippen LogP contribution in [0.15, 0.2) is 29.2 Å². The summed E-state index contributed by atoms with van der Waals surface area (Å²) in [6.07, 6.45) is 4.29. The number of carbonyl (C=O) groups excluding carboxylic acids is 1. The van der Waals surface area contributed by atoms with Crippen molar-refractivity contribution < 1.29 is 4.79 Å². The van der Waals surface area contributed by atoms with Crippen molar-refractivity contribution in [2.75, 3.05) is 6.54 Å². The third-order valence-electron chi connectivity index (χ3n) is 3.84. The molecule has 0 saturated heterocycles. The van der Waals surface area contributed by atoms with Gasteiger partial charge in [-0.3, -0.25) is 4.79 Å². The molecule has 0 spiro atoms. The highest BCUT2D eigenvalue weighted by molar-refractivity contribution is 8.00. The van der Waals surface area contributed by atoms with Crippen molar-refractivity contribution in [1.29, 1.82) is 0 Å². The fourth-order valence-electron chi connectivity index (χ4n) is 2.57. The standard InChI is InChI=1S/C15H21ClN2OS/c1-11(20-13-6-4-12(16)5-7-13)14(19)18-15(10-17)8-2-3-9-15/h4-7,11H,2-3,8-10,17H2,1H3,(H,18,19). The molecule has 1 fully saturated rings. The van der Waals surface area contributed by atoms with Crippen molar-refractivity contribution >= 4 is 29.3 Å². The number of rotatable bonds is 5.